The summed E-state index contributed by atoms with van der Waals surface area (Å²) in [5.74, 6) is 0.140. The largest absolute Gasteiger partial charge is 0.382 e. The number of hydrogen-bond acceptors (Lipinski definition) is 4. The van der Waals surface area contributed by atoms with E-state index >= 15 is 0 Å². The summed E-state index contributed by atoms with van der Waals surface area (Å²) in [6, 6.07) is 10.5. The summed E-state index contributed by atoms with van der Waals surface area (Å²) in [4.78, 5) is 9.82. The Morgan fingerprint density at radius 2 is 1.74 bits per heavy atom. The molecule has 3 nitrogen and oxygen atoms in total. The predicted octanol–water partition coefficient (Wildman–Crippen LogP) is 4.73. The first kappa shape index (κ1) is 15.4. The van der Waals surface area contributed by atoms with Gasteiger partial charge in [0.2, 0.25) is 0 Å². The maximum atomic E-state index is 11.3. The third-order valence-corrected chi connectivity index (χ3v) is 6.60. The van der Waals surface area contributed by atoms with E-state index in [1.165, 1.54) is 32.1 Å². The van der Waals surface area contributed by atoms with Crippen LogP contribution in [0.25, 0.3) is 0 Å². The molecule has 2 aliphatic carbocycles. The Bertz CT molecular complexity index is 622. The van der Waals surface area contributed by atoms with Crippen LogP contribution in [0.1, 0.15) is 51.4 Å². The van der Waals surface area contributed by atoms with Crippen LogP contribution in [0, 0.1) is 5.92 Å². The predicted molar refractivity (Wildman–Crippen MR) is 97.7 cm³/mol. The Balaban J connectivity index is 1.67. The molecule has 0 bridgehead atoms. The molecule has 2 atom stereocenters. The van der Waals surface area contributed by atoms with E-state index in [1.54, 1.807) is 11.8 Å². The molecule has 2 unspecified atom stereocenters. The van der Waals surface area contributed by atoms with Crippen molar-refractivity contribution in [2.75, 3.05) is 0 Å². The summed E-state index contributed by atoms with van der Waals surface area (Å²) in [5, 5.41) is 13.4. The lowest BCUT2D eigenvalue weighted by Crippen LogP contribution is -2.43. The van der Waals surface area contributed by atoms with Gasteiger partial charge in [0, 0.05) is 5.92 Å². The van der Waals surface area contributed by atoms with Gasteiger partial charge in [-0.3, -0.25) is 4.99 Å². The Morgan fingerprint density at radius 1 is 1.00 bits per heavy atom. The van der Waals surface area contributed by atoms with Gasteiger partial charge in [0.25, 0.3) is 0 Å². The van der Waals surface area contributed by atoms with E-state index in [0.29, 0.717) is 6.04 Å². The standard InChI is InChI=1S/C19H24N2OS/c22-19-13-7-6-12-16(19)17(20-14-8-2-1-3-9-14)23-18(19)21-15-10-4-5-11-15/h1-3,8-9,15-16,22H,4-7,10-13H2. The van der Waals surface area contributed by atoms with Crippen molar-refractivity contribution in [3.63, 3.8) is 0 Å². The molecule has 1 N–H and O–H groups in total. The average Bonchev–Trinajstić information content (AvgIpc) is 3.16. The summed E-state index contributed by atoms with van der Waals surface area (Å²) >= 11 is 1.65. The molecule has 2 saturated carbocycles. The van der Waals surface area contributed by atoms with E-state index in [-0.39, 0.29) is 5.92 Å². The molecular formula is C19H24N2OS. The van der Waals surface area contributed by atoms with Crippen molar-refractivity contribution in [2.24, 2.45) is 15.9 Å². The number of thioether (sulfide) groups is 1. The second-order valence-electron chi connectivity index (χ2n) is 6.98. The van der Waals surface area contributed by atoms with Crippen molar-refractivity contribution < 1.29 is 5.11 Å². The van der Waals surface area contributed by atoms with Gasteiger partial charge in [-0.15, -0.1) is 0 Å². The van der Waals surface area contributed by atoms with Crippen molar-refractivity contribution >= 4 is 27.5 Å². The van der Waals surface area contributed by atoms with Crippen molar-refractivity contribution in [1.29, 1.82) is 0 Å². The lowest BCUT2D eigenvalue weighted by molar-refractivity contribution is 0.0489. The van der Waals surface area contributed by atoms with Gasteiger partial charge in [0.1, 0.15) is 10.6 Å². The average molecular weight is 328 g/mol. The van der Waals surface area contributed by atoms with Crippen molar-refractivity contribution in [3.8, 4) is 0 Å². The topological polar surface area (TPSA) is 45.0 Å². The van der Waals surface area contributed by atoms with E-state index in [0.717, 1.165) is 35.0 Å². The smallest absolute Gasteiger partial charge is 0.121 e. The first-order chi connectivity index (χ1) is 11.3. The minimum atomic E-state index is -0.751. The highest BCUT2D eigenvalue weighted by atomic mass is 32.2. The molecule has 1 heterocycles. The Labute approximate surface area is 142 Å². The first-order valence-corrected chi connectivity index (χ1v) is 9.69. The minimum Gasteiger partial charge on any atom is -0.382 e. The van der Waals surface area contributed by atoms with Crippen LogP contribution in [-0.4, -0.2) is 26.8 Å². The molecule has 1 aromatic rings. The third kappa shape index (κ3) is 2.99. The van der Waals surface area contributed by atoms with Crippen LogP contribution in [0.4, 0.5) is 5.69 Å². The van der Waals surface area contributed by atoms with E-state index in [2.05, 4.69) is 0 Å². The van der Waals surface area contributed by atoms with Gasteiger partial charge in [0.15, 0.2) is 0 Å². The molecular weight excluding hydrogens is 304 g/mol. The van der Waals surface area contributed by atoms with Gasteiger partial charge in [-0.25, -0.2) is 4.99 Å². The highest BCUT2D eigenvalue weighted by molar-refractivity contribution is 8.27. The number of aliphatic imine (C=N–C) groups is 2. The first-order valence-electron chi connectivity index (χ1n) is 8.88. The van der Waals surface area contributed by atoms with Gasteiger partial charge in [-0.05, 0) is 37.8 Å². The zero-order valence-corrected chi connectivity index (χ0v) is 14.3. The quantitative estimate of drug-likeness (QED) is 0.853. The number of fused-ring (bicyclic) bond motifs is 1. The van der Waals surface area contributed by atoms with Crippen LogP contribution in [0.15, 0.2) is 40.3 Å². The number of para-hydroxylation sites is 1. The zero-order chi connectivity index (χ0) is 15.7. The number of benzene rings is 1. The Hall–Kier alpha value is -1.13. The number of hydrogen-bond donors (Lipinski definition) is 1. The van der Waals surface area contributed by atoms with Crippen LogP contribution < -0.4 is 0 Å². The summed E-state index contributed by atoms with van der Waals surface area (Å²) < 4.78 is 0. The molecule has 4 heteroatoms. The van der Waals surface area contributed by atoms with Crippen molar-refractivity contribution in [3.05, 3.63) is 30.3 Å². The highest BCUT2D eigenvalue weighted by Gasteiger charge is 2.52. The second-order valence-corrected chi connectivity index (χ2v) is 7.99. The normalized spacial score (nSPS) is 35.1. The maximum Gasteiger partial charge on any atom is 0.121 e. The lowest BCUT2D eigenvalue weighted by atomic mass is 9.76. The molecule has 0 amide bonds. The van der Waals surface area contributed by atoms with E-state index < -0.39 is 5.60 Å². The monoisotopic (exact) mass is 328 g/mol. The molecule has 4 rings (SSSR count). The molecule has 122 valence electrons. The number of aliphatic hydroxyl groups is 1. The van der Waals surface area contributed by atoms with Crippen LogP contribution in [0.5, 0.6) is 0 Å². The van der Waals surface area contributed by atoms with Crippen molar-refractivity contribution in [1.82, 2.24) is 0 Å². The highest BCUT2D eigenvalue weighted by Crippen LogP contribution is 2.48. The van der Waals surface area contributed by atoms with Gasteiger partial charge in [0.05, 0.1) is 16.8 Å². The van der Waals surface area contributed by atoms with Gasteiger partial charge < -0.3 is 5.11 Å². The third-order valence-electron chi connectivity index (χ3n) is 5.37. The fraction of sp³-hybridized carbons (Fsp3) is 0.579. The van der Waals surface area contributed by atoms with E-state index in [9.17, 15) is 5.11 Å². The summed E-state index contributed by atoms with van der Waals surface area (Å²) in [6.07, 6.45) is 9.04. The second kappa shape index (κ2) is 6.40. The van der Waals surface area contributed by atoms with Gasteiger partial charge >= 0.3 is 0 Å². The maximum absolute atomic E-state index is 11.3. The van der Waals surface area contributed by atoms with Crippen LogP contribution in [-0.2, 0) is 0 Å². The van der Waals surface area contributed by atoms with Crippen LogP contribution >= 0.6 is 11.8 Å². The molecule has 23 heavy (non-hydrogen) atoms. The number of rotatable bonds is 2. The Kier molecular flexibility index (Phi) is 4.29. The minimum absolute atomic E-state index is 0.140. The summed E-state index contributed by atoms with van der Waals surface area (Å²) in [6.45, 7) is 0. The van der Waals surface area contributed by atoms with E-state index in [4.69, 9.17) is 9.98 Å². The SMILES string of the molecule is OC12CCCCC1C(=Nc1ccccc1)SC2=NC1CCCC1. The Morgan fingerprint density at radius 3 is 2.52 bits per heavy atom. The molecule has 0 radical (unpaired) electrons. The molecule has 3 fully saturated rings. The van der Waals surface area contributed by atoms with Crippen molar-refractivity contribution in [2.45, 2.75) is 63.0 Å². The van der Waals surface area contributed by atoms with Crippen LogP contribution in [0.2, 0.25) is 0 Å². The van der Waals surface area contributed by atoms with Gasteiger partial charge in [-0.2, -0.15) is 0 Å². The fourth-order valence-electron chi connectivity index (χ4n) is 4.07. The molecule has 1 aromatic carbocycles. The van der Waals surface area contributed by atoms with E-state index in [1.807, 2.05) is 30.3 Å². The van der Waals surface area contributed by atoms with Gasteiger partial charge in [-0.1, -0.05) is 55.6 Å². The molecule has 1 aliphatic heterocycles. The summed E-state index contributed by atoms with van der Waals surface area (Å²) in [5.41, 5.74) is 0.226. The lowest BCUT2D eigenvalue weighted by Gasteiger charge is -2.33. The molecule has 1 saturated heterocycles. The molecule has 0 spiro atoms. The fourth-order valence-corrected chi connectivity index (χ4v) is 5.49. The molecule has 3 aliphatic rings. The zero-order valence-electron chi connectivity index (χ0n) is 13.4. The van der Waals surface area contributed by atoms with Crippen LogP contribution in [0.3, 0.4) is 0 Å². The summed E-state index contributed by atoms with van der Waals surface area (Å²) in [7, 11) is 0. The molecule has 0 aromatic heterocycles. The number of nitrogens with zero attached hydrogens (tertiary/aromatic N) is 2.